The Labute approximate surface area is 156 Å². The third kappa shape index (κ3) is 4.19. The van der Waals surface area contributed by atoms with Gasteiger partial charge in [0.25, 0.3) is 0 Å². The van der Waals surface area contributed by atoms with Gasteiger partial charge in [-0.25, -0.2) is 14.6 Å². The van der Waals surface area contributed by atoms with Crippen LogP contribution in [0.2, 0.25) is 0 Å². The van der Waals surface area contributed by atoms with E-state index in [1.165, 1.54) is 36.8 Å². The molecule has 1 saturated heterocycles. The normalized spacial score (nSPS) is 19.5. The van der Waals surface area contributed by atoms with Crippen LogP contribution in [0.1, 0.15) is 6.04 Å². The Bertz CT molecular complexity index is 919. The number of rotatable bonds is 5. The quantitative estimate of drug-likeness (QED) is 0.659. The van der Waals surface area contributed by atoms with E-state index in [2.05, 4.69) is 24.8 Å². The Morgan fingerprint density at radius 3 is 2.64 bits per heavy atom. The molecule has 1 aliphatic heterocycles. The minimum atomic E-state index is -4.73. The Morgan fingerprint density at radius 1 is 1.11 bits per heavy atom. The molecule has 3 aromatic rings. The van der Waals surface area contributed by atoms with E-state index >= 15 is 0 Å². The molecular weight excluding hydrogens is 379 g/mol. The lowest BCUT2D eigenvalue weighted by Crippen LogP contribution is -2.29. The molecule has 0 radical (unpaired) electrons. The smallest absolute Gasteiger partial charge is 0.455 e. The number of hydrogen-bond acceptors (Lipinski definition) is 7. The summed E-state index contributed by atoms with van der Waals surface area (Å²) in [6.07, 6.45) is -0.560. The number of aromatic nitrogens is 5. The molecule has 0 amide bonds. The van der Waals surface area contributed by atoms with Crippen LogP contribution in [0.15, 0.2) is 49.2 Å². The van der Waals surface area contributed by atoms with Gasteiger partial charge < -0.3 is 14.2 Å². The monoisotopic (exact) mass is 393 g/mol. The Morgan fingerprint density at radius 2 is 1.93 bits per heavy atom. The fourth-order valence-corrected chi connectivity index (χ4v) is 2.79. The van der Waals surface area contributed by atoms with Gasteiger partial charge in [0, 0.05) is 11.8 Å². The van der Waals surface area contributed by atoms with Crippen molar-refractivity contribution in [2.75, 3.05) is 13.2 Å². The summed E-state index contributed by atoms with van der Waals surface area (Å²) in [6.45, 7) is 0.774. The second-order valence-corrected chi connectivity index (χ2v) is 5.93. The predicted molar refractivity (Wildman–Crippen MR) is 88.4 cm³/mol. The van der Waals surface area contributed by atoms with Crippen molar-refractivity contribution < 1.29 is 27.4 Å². The summed E-state index contributed by atoms with van der Waals surface area (Å²) in [5, 5.41) is 4.10. The van der Waals surface area contributed by atoms with Gasteiger partial charge in [0.05, 0.1) is 18.9 Å². The molecule has 11 heteroatoms. The molecule has 0 spiro atoms. The van der Waals surface area contributed by atoms with Gasteiger partial charge in [0.1, 0.15) is 30.5 Å². The maximum Gasteiger partial charge on any atom is 0.573 e. The first-order chi connectivity index (χ1) is 13.5. The van der Waals surface area contributed by atoms with Crippen LogP contribution in [0.3, 0.4) is 0 Å². The summed E-state index contributed by atoms with van der Waals surface area (Å²) in [6, 6.07) is 7.00. The molecule has 146 valence electrons. The zero-order chi connectivity index (χ0) is 19.6. The average molecular weight is 393 g/mol. The van der Waals surface area contributed by atoms with E-state index in [-0.39, 0.29) is 23.9 Å². The number of nitrogens with zero attached hydrogens (tertiary/aromatic N) is 5. The van der Waals surface area contributed by atoms with Gasteiger partial charge in [-0.2, -0.15) is 10.1 Å². The second kappa shape index (κ2) is 7.43. The van der Waals surface area contributed by atoms with Crippen LogP contribution in [0, 0.1) is 0 Å². The highest BCUT2D eigenvalue weighted by molar-refractivity contribution is 5.59. The largest absolute Gasteiger partial charge is 0.573 e. The lowest BCUT2D eigenvalue weighted by atomic mass is 10.1. The Hall–Kier alpha value is -3.21. The van der Waals surface area contributed by atoms with Crippen molar-refractivity contribution in [1.29, 1.82) is 0 Å². The van der Waals surface area contributed by atoms with E-state index in [1.54, 1.807) is 17.1 Å². The van der Waals surface area contributed by atoms with Crippen LogP contribution < -0.4 is 9.47 Å². The van der Waals surface area contributed by atoms with Crippen LogP contribution in [-0.4, -0.2) is 50.4 Å². The minimum Gasteiger partial charge on any atom is -0.455 e. The van der Waals surface area contributed by atoms with Gasteiger partial charge in [-0.15, -0.1) is 13.2 Å². The topological polar surface area (TPSA) is 84.2 Å². The number of hydrogen-bond donors (Lipinski definition) is 0. The van der Waals surface area contributed by atoms with Crippen LogP contribution in [0.4, 0.5) is 13.2 Å². The second-order valence-electron chi connectivity index (χ2n) is 5.93. The number of ether oxygens (including phenoxy) is 3. The molecule has 1 aromatic carbocycles. The van der Waals surface area contributed by atoms with Crippen molar-refractivity contribution in [2.24, 2.45) is 0 Å². The van der Waals surface area contributed by atoms with E-state index in [0.717, 1.165) is 0 Å². The molecule has 2 atom stereocenters. The first-order valence-electron chi connectivity index (χ1n) is 8.26. The predicted octanol–water partition coefficient (Wildman–Crippen LogP) is 2.65. The molecule has 0 saturated carbocycles. The Kier molecular flexibility index (Phi) is 4.82. The van der Waals surface area contributed by atoms with Crippen molar-refractivity contribution in [1.82, 2.24) is 24.7 Å². The molecule has 0 N–H and O–H groups in total. The lowest BCUT2D eigenvalue weighted by Gasteiger charge is -2.18. The highest BCUT2D eigenvalue weighted by Crippen LogP contribution is 2.27. The summed E-state index contributed by atoms with van der Waals surface area (Å²) in [5.74, 6) is -0.305. The minimum absolute atomic E-state index is 0.133. The highest BCUT2D eigenvalue weighted by atomic mass is 19.4. The maximum absolute atomic E-state index is 12.3. The Balaban J connectivity index is 1.49. The highest BCUT2D eigenvalue weighted by Gasteiger charge is 2.33. The zero-order valence-corrected chi connectivity index (χ0v) is 14.3. The first kappa shape index (κ1) is 18.2. The van der Waals surface area contributed by atoms with E-state index in [0.29, 0.717) is 24.5 Å². The van der Waals surface area contributed by atoms with Gasteiger partial charge in [0.2, 0.25) is 0 Å². The first-order valence-corrected chi connectivity index (χ1v) is 8.26. The zero-order valence-electron chi connectivity index (χ0n) is 14.3. The maximum atomic E-state index is 12.3. The van der Waals surface area contributed by atoms with Gasteiger partial charge in [-0.3, -0.25) is 0 Å². The molecular formula is C17H14F3N5O3. The van der Waals surface area contributed by atoms with Crippen LogP contribution in [-0.2, 0) is 4.74 Å². The van der Waals surface area contributed by atoms with E-state index in [4.69, 9.17) is 9.47 Å². The lowest BCUT2D eigenvalue weighted by molar-refractivity contribution is -0.274. The van der Waals surface area contributed by atoms with Crippen molar-refractivity contribution in [3.8, 4) is 23.0 Å². The van der Waals surface area contributed by atoms with Crippen LogP contribution in [0.5, 0.6) is 11.8 Å². The van der Waals surface area contributed by atoms with Gasteiger partial charge >= 0.3 is 12.4 Å². The summed E-state index contributed by atoms with van der Waals surface area (Å²) >= 11 is 0. The van der Waals surface area contributed by atoms with Crippen LogP contribution >= 0.6 is 0 Å². The van der Waals surface area contributed by atoms with Crippen molar-refractivity contribution >= 4 is 0 Å². The summed E-state index contributed by atoms with van der Waals surface area (Å²) in [4.78, 5) is 12.4. The molecule has 28 heavy (non-hydrogen) atoms. The third-order valence-corrected chi connectivity index (χ3v) is 4.05. The standard InChI is InChI=1S/C17H14F3N5O3/c18-17(19,20)28-12-3-1-11(2-4-12)13-5-6-22-16(24-13)27-15-8-26-7-14(15)25-10-21-9-23-25/h1-6,9-10,14-15H,7-8H2. The van der Waals surface area contributed by atoms with E-state index in [1.807, 2.05) is 0 Å². The van der Waals surface area contributed by atoms with Gasteiger partial charge in [0.15, 0.2) is 0 Å². The average Bonchev–Trinajstić information content (AvgIpc) is 3.33. The van der Waals surface area contributed by atoms with Crippen LogP contribution in [0.25, 0.3) is 11.3 Å². The molecule has 3 heterocycles. The van der Waals surface area contributed by atoms with Crippen molar-refractivity contribution in [3.05, 3.63) is 49.2 Å². The SMILES string of the molecule is FC(F)(F)Oc1ccc(-c2ccnc(OC3COCC3n3cncn3)n2)cc1. The molecule has 0 bridgehead atoms. The summed E-state index contributed by atoms with van der Waals surface area (Å²) < 4.78 is 53.6. The van der Waals surface area contributed by atoms with Gasteiger partial charge in [-0.1, -0.05) is 0 Å². The number of alkyl halides is 3. The summed E-state index contributed by atoms with van der Waals surface area (Å²) in [7, 11) is 0. The van der Waals surface area contributed by atoms with E-state index < -0.39 is 6.36 Å². The fraction of sp³-hybridized carbons (Fsp3) is 0.294. The summed E-state index contributed by atoms with van der Waals surface area (Å²) in [5.41, 5.74) is 1.09. The number of benzene rings is 1. The molecule has 8 nitrogen and oxygen atoms in total. The van der Waals surface area contributed by atoms with Crippen molar-refractivity contribution in [2.45, 2.75) is 18.5 Å². The molecule has 2 aromatic heterocycles. The molecule has 0 aliphatic carbocycles. The van der Waals surface area contributed by atoms with E-state index in [9.17, 15) is 13.2 Å². The third-order valence-electron chi connectivity index (χ3n) is 4.05. The van der Waals surface area contributed by atoms with Crippen molar-refractivity contribution in [3.63, 3.8) is 0 Å². The molecule has 1 aliphatic rings. The van der Waals surface area contributed by atoms with Gasteiger partial charge in [-0.05, 0) is 30.3 Å². The fourth-order valence-electron chi connectivity index (χ4n) is 2.79. The molecule has 2 unspecified atom stereocenters. The molecule has 1 fully saturated rings. The molecule has 4 rings (SSSR count). The number of halogens is 3.